The summed E-state index contributed by atoms with van der Waals surface area (Å²) in [6.07, 6.45) is 3.10. The fourth-order valence-electron chi connectivity index (χ4n) is 1.95. The van der Waals surface area contributed by atoms with E-state index in [1.54, 1.807) is 0 Å². The van der Waals surface area contributed by atoms with Crippen molar-refractivity contribution in [1.82, 2.24) is 20.3 Å². The van der Waals surface area contributed by atoms with E-state index in [9.17, 15) is 9.59 Å². The van der Waals surface area contributed by atoms with Crippen molar-refractivity contribution in [3.8, 4) is 0 Å². The summed E-state index contributed by atoms with van der Waals surface area (Å²) in [4.78, 5) is 22.3. The van der Waals surface area contributed by atoms with Crippen molar-refractivity contribution in [2.24, 2.45) is 0 Å². The quantitative estimate of drug-likeness (QED) is 0.731. The molecule has 1 heterocycles. The van der Waals surface area contributed by atoms with E-state index in [2.05, 4.69) is 15.6 Å². The van der Waals surface area contributed by atoms with Crippen molar-refractivity contribution in [3.05, 3.63) is 11.9 Å². The molecule has 1 amide bonds. The lowest BCUT2D eigenvalue weighted by Gasteiger charge is -2.35. The van der Waals surface area contributed by atoms with Crippen LogP contribution in [0.5, 0.6) is 0 Å². The molecular formula is C11H16N4O4. The summed E-state index contributed by atoms with van der Waals surface area (Å²) in [5, 5.41) is 18.5. The molecule has 0 radical (unpaired) electrons. The van der Waals surface area contributed by atoms with Gasteiger partial charge in [-0.25, -0.2) is 9.48 Å². The van der Waals surface area contributed by atoms with Gasteiger partial charge >= 0.3 is 5.97 Å². The van der Waals surface area contributed by atoms with Gasteiger partial charge in [0.05, 0.1) is 12.3 Å². The first-order chi connectivity index (χ1) is 9.08. The van der Waals surface area contributed by atoms with Gasteiger partial charge in [-0.2, -0.15) is 0 Å². The summed E-state index contributed by atoms with van der Waals surface area (Å²) < 4.78 is 6.60. The Kier molecular flexibility index (Phi) is 4.10. The number of ether oxygens (including phenoxy) is 1. The van der Waals surface area contributed by atoms with Crippen LogP contribution in [0, 0.1) is 0 Å². The topological polar surface area (TPSA) is 106 Å². The second kappa shape index (κ2) is 5.79. The Morgan fingerprint density at radius 3 is 2.89 bits per heavy atom. The minimum atomic E-state index is -1.16. The highest BCUT2D eigenvalue weighted by Gasteiger charge is 2.30. The van der Waals surface area contributed by atoms with Crippen molar-refractivity contribution in [3.63, 3.8) is 0 Å². The lowest BCUT2D eigenvalue weighted by molar-refractivity contribution is -0.124. The zero-order valence-electron chi connectivity index (χ0n) is 10.6. The lowest BCUT2D eigenvalue weighted by Crippen LogP contribution is -2.48. The predicted molar refractivity (Wildman–Crippen MR) is 63.6 cm³/mol. The smallest absolute Gasteiger partial charge is 0.358 e. The first kappa shape index (κ1) is 13.5. The van der Waals surface area contributed by atoms with E-state index in [4.69, 9.17) is 9.84 Å². The lowest BCUT2D eigenvalue weighted by atomic mass is 9.89. The normalized spacial score (nSPS) is 21.7. The fourth-order valence-corrected chi connectivity index (χ4v) is 1.95. The first-order valence-corrected chi connectivity index (χ1v) is 6.13. The molecule has 0 saturated heterocycles. The van der Waals surface area contributed by atoms with Crippen LogP contribution in [0.2, 0.25) is 0 Å². The van der Waals surface area contributed by atoms with E-state index in [0.717, 1.165) is 12.8 Å². The molecule has 1 saturated carbocycles. The molecule has 0 atom stereocenters. The van der Waals surface area contributed by atoms with Crippen molar-refractivity contribution in [2.45, 2.75) is 38.5 Å². The molecule has 1 aliphatic rings. The molecule has 0 spiro atoms. The summed E-state index contributed by atoms with van der Waals surface area (Å²) >= 11 is 0. The van der Waals surface area contributed by atoms with Crippen LogP contribution in [0.1, 0.15) is 30.3 Å². The summed E-state index contributed by atoms with van der Waals surface area (Å²) in [6, 6.07) is 0.131. The number of nitrogens with zero attached hydrogens (tertiary/aromatic N) is 3. The van der Waals surface area contributed by atoms with Gasteiger partial charge in [-0.3, -0.25) is 4.79 Å². The molecule has 2 N–H and O–H groups in total. The number of hydrogen-bond donors (Lipinski definition) is 2. The number of carbonyl (C=O) groups excluding carboxylic acids is 1. The highest BCUT2D eigenvalue weighted by Crippen LogP contribution is 2.22. The standard InChI is InChI=1S/C11H16N4O4/c1-2-19-8-3-7(4-8)12-10(16)6-15-5-9(11(17)18)13-14-15/h5,7-8H,2-4,6H2,1H3,(H,12,16)(H,17,18). The van der Waals surface area contributed by atoms with Gasteiger partial charge in [0.1, 0.15) is 6.54 Å². The zero-order valence-corrected chi connectivity index (χ0v) is 10.6. The zero-order chi connectivity index (χ0) is 13.8. The molecule has 2 rings (SSSR count). The Hall–Kier alpha value is -1.96. The maximum Gasteiger partial charge on any atom is 0.358 e. The molecule has 8 nitrogen and oxygen atoms in total. The number of carboxylic acids is 1. The number of hydrogen-bond acceptors (Lipinski definition) is 5. The van der Waals surface area contributed by atoms with Crippen molar-refractivity contribution in [2.75, 3.05) is 6.61 Å². The van der Waals surface area contributed by atoms with Crippen LogP contribution < -0.4 is 5.32 Å². The second-order valence-electron chi connectivity index (χ2n) is 4.42. The summed E-state index contributed by atoms with van der Waals surface area (Å²) in [5.74, 6) is -1.37. The van der Waals surface area contributed by atoms with E-state index in [1.807, 2.05) is 6.92 Å². The van der Waals surface area contributed by atoms with Crippen LogP contribution in [0.3, 0.4) is 0 Å². The average molecular weight is 268 g/mol. The number of amides is 1. The van der Waals surface area contributed by atoms with Crippen molar-refractivity contribution >= 4 is 11.9 Å². The van der Waals surface area contributed by atoms with Crippen LogP contribution >= 0.6 is 0 Å². The fraction of sp³-hybridized carbons (Fsp3) is 0.636. The second-order valence-corrected chi connectivity index (χ2v) is 4.42. The third-order valence-corrected chi connectivity index (χ3v) is 2.93. The molecule has 1 fully saturated rings. The van der Waals surface area contributed by atoms with Gasteiger partial charge in [0.25, 0.3) is 0 Å². The van der Waals surface area contributed by atoms with E-state index in [1.165, 1.54) is 10.9 Å². The molecule has 1 aliphatic carbocycles. The predicted octanol–water partition coefficient (Wildman–Crippen LogP) is -0.340. The Morgan fingerprint density at radius 2 is 2.32 bits per heavy atom. The molecule has 104 valence electrons. The van der Waals surface area contributed by atoms with Gasteiger partial charge in [0.15, 0.2) is 5.69 Å². The SMILES string of the molecule is CCOC1CC(NC(=O)Cn2cc(C(=O)O)nn2)C1. The minimum Gasteiger partial charge on any atom is -0.476 e. The van der Waals surface area contributed by atoms with E-state index in [-0.39, 0.29) is 30.3 Å². The molecule has 19 heavy (non-hydrogen) atoms. The number of aromatic nitrogens is 3. The molecular weight excluding hydrogens is 252 g/mol. The van der Waals surface area contributed by atoms with Gasteiger partial charge in [-0.1, -0.05) is 5.21 Å². The summed E-state index contributed by atoms with van der Waals surface area (Å²) in [5.41, 5.74) is -0.173. The molecule has 0 aliphatic heterocycles. The molecule has 0 bridgehead atoms. The Balaban J connectivity index is 1.74. The largest absolute Gasteiger partial charge is 0.476 e. The number of aromatic carboxylic acids is 1. The third kappa shape index (κ3) is 3.50. The van der Waals surface area contributed by atoms with Crippen LogP contribution in [0.4, 0.5) is 0 Å². The van der Waals surface area contributed by atoms with E-state index < -0.39 is 5.97 Å². The number of nitrogens with one attached hydrogen (secondary N) is 1. The maximum absolute atomic E-state index is 11.7. The summed E-state index contributed by atoms with van der Waals surface area (Å²) in [7, 11) is 0. The Labute approximate surface area is 109 Å². The van der Waals surface area contributed by atoms with Gasteiger partial charge in [0.2, 0.25) is 5.91 Å². The number of rotatable bonds is 6. The van der Waals surface area contributed by atoms with Gasteiger partial charge < -0.3 is 15.2 Å². The number of carboxylic acid groups (broad SMARTS) is 1. The molecule has 0 aromatic carbocycles. The highest BCUT2D eigenvalue weighted by molar-refractivity contribution is 5.84. The van der Waals surface area contributed by atoms with Gasteiger partial charge in [-0.05, 0) is 19.8 Å². The minimum absolute atomic E-state index is 0.0317. The van der Waals surface area contributed by atoms with E-state index >= 15 is 0 Å². The highest BCUT2D eigenvalue weighted by atomic mass is 16.5. The van der Waals surface area contributed by atoms with Gasteiger partial charge in [-0.15, -0.1) is 5.10 Å². The first-order valence-electron chi connectivity index (χ1n) is 6.13. The Morgan fingerprint density at radius 1 is 1.58 bits per heavy atom. The monoisotopic (exact) mass is 268 g/mol. The molecule has 8 heteroatoms. The molecule has 0 unspecified atom stereocenters. The van der Waals surface area contributed by atoms with Crippen LogP contribution in [0.25, 0.3) is 0 Å². The van der Waals surface area contributed by atoms with E-state index in [0.29, 0.717) is 6.61 Å². The van der Waals surface area contributed by atoms with Crippen molar-refractivity contribution < 1.29 is 19.4 Å². The molecule has 1 aromatic heterocycles. The maximum atomic E-state index is 11.7. The third-order valence-electron chi connectivity index (χ3n) is 2.93. The van der Waals surface area contributed by atoms with Crippen LogP contribution in [0.15, 0.2) is 6.20 Å². The Bertz CT molecular complexity index is 467. The van der Waals surface area contributed by atoms with Crippen LogP contribution in [-0.2, 0) is 16.1 Å². The van der Waals surface area contributed by atoms with Gasteiger partial charge in [0, 0.05) is 12.6 Å². The molecule has 1 aromatic rings. The van der Waals surface area contributed by atoms with Crippen LogP contribution in [-0.4, -0.2) is 50.7 Å². The number of carbonyl (C=O) groups is 2. The van der Waals surface area contributed by atoms with Crippen molar-refractivity contribution in [1.29, 1.82) is 0 Å². The average Bonchev–Trinajstić information content (AvgIpc) is 2.75. The summed E-state index contributed by atoms with van der Waals surface area (Å²) in [6.45, 7) is 2.59.